The average molecular weight is 398 g/mol. The van der Waals surface area contributed by atoms with Gasteiger partial charge in [0.1, 0.15) is 0 Å². The third kappa shape index (κ3) is 3.35. The van der Waals surface area contributed by atoms with Crippen LogP contribution < -0.4 is 5.73 Å². The van der Waals surface area contributed by atoms with Crippen LogP contribution in [0.3, 0.4) is 0 Å². The monoisotopic (exact) mass is 396 g/mol. The molecule has 1 fully saturated rings. The second kappa shape index (κ2) is 6.81. The summed E-state index contributed by atoms with van der Waals surface area (Å²) in [7, 11) is 2.18. The van der Waals surface area contributed by atoms with E-state index in [2.05, 4.69) is 49.9 Å². The van der Waals surface area contributed by atoms with Crippen LogP contribution in [0.25, 0.3) is 0 Å². The molecule has 1 saturated heterocycles. The van der Waals surface area contributed by atoms with E-state index in [4.69, 9.17) is 10.5 Å². The molecule has 0 aromatic carbocycles. The summed E-state index contributed by atoms with van der Waals surface area (Å²) in [6, 6.07) is 3.04. The molecule has 1 aromatic rings. The van der Waals surface area contributed by atoms with Gasteiger partial charge in [-0.15, -0.1) is 11.3 Å². The molecule has 0 spiro atoms. The highest BCUT2D eigenvalue weighted by Gasteiger charge is 2.26. The fraction of sp³-hybridized carbons (Fsp3) is 0.667. The molecule has 1 aliphatic heterocycles. The predicted octanol–water partition coefficient (Wildman–Crippen LogP) is 3.38. The number of hydrogen-bond acceptors (Lipinski definition) is 4. The van der Waals surface area contributed by atoms with Gasteiger partial charge in [-0.2, -0.15) is 0 Å². The number of rotatable bonds is 4. The molecule has 1 unspecified atom stereocenters. The fourth-order valence-electron chi connectivity index (χ4n) is 2.36. The molecular weight excluding hydrogens is 380 g/mol. The first-order valence-corrected chi connectivity index (χ1v) is 8.48. The van der Waals surface area contributed by atoms with E-state index in [1.54, 1.807) is 11.3 Å². The minimum atomic E-state index is 0.292. The van der Waals surface area contributed by atoms with Crippen LogP contribution in [-0.4, -0.2) is 37.7 Å². The summed E-state index contributed by atoms with van der Waals surface area (Å²) in [6.45, 7) is 2.38. The zero-order valence-electron chi connectivity index (χ0n) is 10.4. The van der Waals surface area contributed by atoms with Crippen LogP contribution in [0.15, 0.2) is 14.3 Å². The summed E-state index contributed by atoms with van der Waals surface area (Å²) in [5.74, 6) is 0. The van der Waals surface area contributed by atoms with Gasteiger partial charge in [-0.25, -0.2) is 0 Å². The number of thiophene rings is 1. The molecule has 0 aliphatic carbocycles. The molecule has 102 valence electrons. The van der Waals surface area contributed by atoms with Gasteiger partial charge in [0.25, 0.3) is 0 Å². The van der Waals surface area contributed by atoms with Crippen LogP contribution in [0.4, 0.5) is 0 Å². The minimum absolute atomic E-state index is 0.292. The van der Waals surface area contributed by atoms with E-state index in [0.717, 1.165) is 34.3 Å². The normalized spacial score (nSPS) is 19.4. The summed E-state index contributed by atoms with van der Waals surface area (Å²) in [6.07, 6.45) is 2.20. The summed E-state index contributed by atoms with van der Waals surface area (Å²) in [4.78, 5) is 3.72. The Balaban J connectivity index is 2.11. The molecular formula is C12H18Br2N2OS. The lowest BCUT2D eigenvalue weighted by Crippen LogP contribution is -2.41. The Morgan fingerprint density at radius 2 is 2.17 bits per heavy atom. The first-order chi connectivity index (χ1) is 8.63. The number of hydrogen-bond donors (Lipinski definition) is 1. The van der Waals surface area contributed by atoms with Crippen LogP contribution in [-0.2, 0) is 4.74 Å². The lowest BCUT2D eigenvalue weighted by molar-refractivity contribution is 0.0299. The lowest BCUT2D eigenvalue weighted by atomic mass is 10.0. The molecule has 2 heterocycles. The van der Waals surface area contributed by atoms with Crippen molar-refractivity contribution in [2.75, 3.05) is 26.8 Å². The Labute approximate surface area is 129 Å². The molecule has 6 heteroatoms. The van der Waals surface area contributed by atoms with E-state index in [9.17, 15) is 0 Å². The Morgan fingerprint density at radius 1 is 1.50 bits per heavy atom. The van der Waals surface area contributed by atoms with Gasteiger partial charge < -0.3 is 10.5 Å². The van der Waals surface area contributed by atoms with Crippen molar-refractivity contribution < 1.29 is 4.74 Å². The van der Waals surface area contributed by atoms with Gasteiger partial charge in [0.2, 0.25) is 0 Å². The second-order valence-electron chi connectivity index (χ2n) is 4.53. The van der Waals surface area contributed by atoms with E-state index < -0.39 is 0 Å². The molecule has 0 saturated carbocycles. The van der Waals surface area contributed by atoms with Crippen LogP contribution in [0.5, 0.6) is 0 Å². The van der Waals surface area contributed by atoms with Gasteiger partial charge in [-0.1, -0.05) is 0 Å². The van der Waals surface area contributed by atoms with Crippen molar-refractivity contribution in [3.05, 3.63) is 19.2 Å². The van der Waals surface area contributed by atoms with E-state index >= 15 is 0 Å². The smallest absolute Gasteiger partial charge is 0.0843 e. The maximum absolute atomic E-state index is 5.97. The molecule has 1 atom stereocenters. The fourth-order valence-corrected chi connectivity index (χ4v) is 4.61. The van der Waals surface area contributed by atoms with Gasteiger partial charge in [0, 0.05) is 35.2 Å². The third-order valence-electron chi connectivity index (χ3n) is 3.47. The standard InChI is InChI=1S/C12H18Br2N2OS/c1-16(8-2-4-17-5-3-8)10(7-15)11-6-9(13)12(14)18-11/h6,8,10H,2-5,7,15H2,1H3. The van der Waals surface area contributed by atoms with Crippen molar-refractivity contribution in [3.63, 3.8) is 0 Å². The maximum Gasteiger partial charge on any atom is 0.0843 e. The number of nitrogens with zero attached hydrogens (tertiary/aromatic N) is 1. The van der Waals surface area contributed by atoms with E-state index in [-0.39, 0.29) is 0 Å². The van der Waals surface area contributed by atoms with Gasteiger partial charge in [0.15, 0.2) is 0 Å². The molecule has 1 aliphatic rings. The quantitative estimate of drug-likeness (QED) is 0.846. The predicted molar refractivity (Wildman–Crippen MR) is 83.1 cm³/mol. The maximum atomic E-state index is 5.97. The molecule has 2 N–H and O–H groups in total. The van der Waals surface area contributed by atoms with Crippen LogP contribution in [0.2, 0.25) is 0 Å². The van der Waals surface area contributed by atoms with Gasteiger partial charge in [-0.3, -0.25) is 4.90 Å². The lowest BCUT2D eigenvalue weighted by Gasteiger charge is -2.36. The van der Waals surface area contributed by atoms with Crippen molar-refractivity contribution in [1.29, 1.82) is 0 Å². The number of halogens is 2. The van der Waals surface area contributed by atoms with Gasteiger partial charge >= 0.3 is 0 Å². The van der Waals surface area contributed by atoms with E-state index in [0.29, 0.717) is 18.6 Å². The van der Waals surface area contributed by atoms with Crippen molar-refractivity contribution in [3.8, 4) is 0 Å². The Kier molecular flexibility index (Phi) is 5.65. The highest BCUT2D eigenvalue weighted by atomic mass is 79.9. The number of ether oxygens (including phenoxy) is 1. The molecule has 18 heavy (non-hydrogen) atoms. The Bertz CT molecular complexity index is 374. The Hall–Kier alpha value is 0.540. The Morgan fingerprint density at radius 3 is 2.67 bits per heavy atom. The van der Waals surface area contributed by atoms with Crippen molar-refractivity contribution >= 4 is 43.2 Å². The summed E-state index contributed by atoms with van der Waals surface area (Å²) >= 11 is 8.85. The summed E-state index contributed by atoms with van der Waals surface area (Å²) in [5, 5.41) is 0. The minimum Gasteiger partial charge on any atom is -0.381 e. The van der Waals surface area contributed by atoms with Gasteiger partial charge in [0.05, 0.1) is 9.83 Å². The second-order valence-corrected chi connectivity index (χ2v) is 7.79. The number of likely N-dealkylation sites (N-methyl/N-ethyl adjacent to an activating group) is 1. The van der Waals surface area contributed by atoms with E-state index in [1.165, 1.54) is 4.88 Å². The number of nitrogens with two attached hydrogens (primary N) is 1. The van der Waals surface area contributed by atoms with Crippen molar-refractivity contribution in [2.45, 2.75) is 24.9 Å². The largest absolute Gasteiger partial charge is 0.381 e. The van der Waals surface area contributed by atoms with Crippen molar-refractivity contribution in [1.82, 2.24) is 4.90 Å². The first kappa shape index (κ1) is 14.9. The van der Waals surface area contributed by atoms with Crippen LogP contribution in [0, 0.1) is 0 Å². The SMILES string of the molecule is CN(C1CCOCC1)C(CN)c1cc(Br)c(Br)s1. The molecule has 0 amide bonds. The molecule has 2 rings (SSSR count). The highest BCUT2D eigenvalue weighted by molar-refractivity contribution is 9.13. The first-order valence-electron chi connectivity index (χ1n) is 6.08. The zero-order valence-corrected chi connectivity index (χ0v) is 14.4. The molecule has 3 nitrogen and oxygen atoms in total. The topological polar surface area (TPSA) is 38.5 Å². The third-order valence-corrected chi connectivity index (χ3v) is 6.83. The van der Waals surface area contributed by atoms with Gasteiger partial charge in [-0.05, 0) is 57.8 Å². The zero-order chi connectivity index (χ0) is 13.1. The average Bonchev–Trinajstić information content (AvgIpc) is 2.71. The van der Waals surface area contributed by atoms with Crippen LogP contribution in [0.1, 0.15) is 23.8 Å². The van der Waals surface area contributed by atoms with Crippen LogP contribution >= 0.6 is 43.2 Å². The highest BCUT2D eigenvalue weighted by Crippen LogP contribution is 2.37. The molecule has 1 aromatic heterocycles. The molecule has 0 radical (unpaired) electrons. The van der Waals surface area contributed by atoms with E-state index in [1.807, 2.05) is 0 Å². The molecule has 0 bridgehead atoms. The van der Waals surface area contributed by atoms with Crippen molar-refractivity contribution in [2.24, 2.45) is 5.73 Å². The summed E-state index contributed by atoms with van der Waals surface area (Å²) in [5.41, 5.74) is 5.97. The summed E-state index contributed by atoms with van der Waals surface area (Å²) < 4.78 is 7.67.